The Bertz CT molecular complexity index is 660. The largest absolute Gasteiger partial charge is 0.461 e. The van der Waals surface area contributed by atoms with E-state index in [1.807, 2.05) is 13.8 Å². The molecule has 4 bridgehead atoms. The Kier molecular flexibility index (Phi) is 8.80. The third-order valence-electron chi connectivity index (χ3n) is 5.67. The van der Waals surface area contributed by atoms with E-state index in [0.29, 0.717) is 17.8 Å². The molecule has 164 valence electrons. The van der Waals surface area contributed by atoms with Gasteiger partial charge in [-0.2, -0.15) is 0 Å². The predicted octanol–water partition coefficient (Wildman–Crippen LogP) is 5.69. The average Bonchev–Trinajstić information content (AvgIpc) is 3.35. The second-order valence-corrected chi connectivity index (χ2v) is 14.0. The molecule has 0 spiro atoms. The standard InChI is InChI=1S/C11H15BrO2.C7H10O.C4H6Br2O/c1-11(2,12)10(13)14-9-6-7-3-4-8(9)5-7;8-7-4-5-1-2-6(7)3-5;1-4(2,6)3(5)7/h3-4,7-9H,5-6H2,1-2H3;1-2,5-8H,3-4H2;1-2H3. The van der Waals surface area contributed by atoms with Crippen molar-refractivity contribution in [3.63, 3.8) is 0 Å². The first-order chi connectivity index (χ1) is 13.3. The van der Waals surface area contributed by atoms with Gasteiger partial charge < -0.3 is 9.84 Å². The van der Waals surface area contributed by atoms with E-state index in [1.165, 1.54) is 12.8 Å². The molecule has 4 nitrogen and oxygen atoms in total. The molecule has 4 aliphatic rings. The molecule has 0 aromatic rings. The van der Waals surface area contributed by atoms with Gasteiger partial charge >= 0.3 is 5.97 Å². The molecule has 6 unspecified atom stereocenters. The lowest BCUT2D eigenvalue weighted by Crippen LogP contribution is -2.32. The Labute approximate surface area is 199 Å². The minimum atomic E-state index is -0.557. The molecule has 0 amide bonds. The summed E-state index contributed by atoms with van der Waals surface area (Å²) in [7, 11) is 0. The van der Waals surface area contributed by atoms with Crippen molar-refractivity contribution in [3.8, 4) is 0 Å². The number of carbonyl (C=O) groups excluding carboxylic acids is 2. The van der Waals surface area contributed by atoms with Crippen LogP contribution in [0.1, 0.15) is 53.4 Å². The molecule has 0 radical (unpaired) electrons. The molecular formula is C22H31Br3O4. The maximum atomic E-state index is 11.6. The van der Waals surface area contributed by atoms with Gasteiger partial charge in [-0.15, -0.1) is 0 Å². The SMILES string of the molecule is CC(C)(Br)C(=O)Br.CC(C)(Br)C(=O)OC1CC2C=CC1C2.OC1CC2C=CC1C2. The fraction of sp³-hybridized carbons (Fsp3) is 0.727. The monoisotopic (exact) mass is 596 g/mol. The molecule has 6 atom stereocenters. The molecule has 0 saturated heterocycles. The average molecular weight is 599 g/mol. The van der Waals surface area contributed by atoms with Crippen molar-refractivity contribution in [2.24, 2.45) is 23.7 Å². The zero-order valence-corrected chi connectivity index (χ0v) is 22.2. The first-order valence-electron chi connectivity index (χ1n) is 10.1. The van der Waals surface area contributed by atoms with Crippen LogP contribution in [0.25, 0.3) is 0 Å². The van der Waals surface area contributed by atoms with Crippen molar-refractivity contribution in [1.82, 2.24) is 0 Å². The van der Waals surface area contributed by atoms with Gasteiger partial charge in [0.1, 0.15) is 10.4 Å². The molecule has 7 heteroatoms. The first kappa shape index (κ1) is 25.3. The highest BCUT2D eigenvalue weighted by atomic mass is 79.9. The van der Waals surface area contributed by atoms with Gasteiger partial charge in [0, 0.05) is 11.8 Å². The summed E-state index contributed by atoms with van der Waals surface area (Å²) >= 11 is 9.27. The number of carbonyl (C=O) groups is 2. The van der Waals surface area contributed by atoms with E-state index in [4.69, 9.17) is 9.84 Å². The van der Waals surface area contributed by atoms with Crippen LogP contribution in [-0.4, -0.2) is 36.6 Å². The van der Waals surface area contributed by atoms with E-state index >= 15 is 0 Å². The van der Waals surface area contributed by atoms with Crippen molar-refractivity contribution in [3.05, 3.63) is 24.3 Å². The summed E-state index contributed by atoms with van der Waals surface area (Å²) < 4.78 is 4.48. The third-order valence-corrected chi connectivity index (χ3v) is 7.88. The van der Waals surface area contributed by atoms with E-state index in [-0.39, 0.29) is 22.9 Å². The second-order valence-electron chi connectivity index (χ2n) is 9.29. The molecular weight excluding hydrogens is 568 g/mol. The van der Waals surface area contributed by atoms with Crippen LogP contribution in [0.5, 0.6) is 0 Å². The summed E-state index contributed by atoms with van der Waals surface area (Å²) in [6.45, 7) is 7.20. The summed E-state index contributed by atoms with van der Waals surface area (Å²) in [5.74, 6) is 2.20. The summed E-state index contributed by atoms with van der Waals surface area (Å²) in [5.41, 5.74) is 0. The zero-order chi connectivity index (χ0) is 22.0. The van der Waals surface area contributed by atoms with E-state index < -0.39 is 8.65 Å². The number of allylic oxidation sites excluding steroid dienone is 2. The van der Waals surface area contributed by atoms with Crippen LogP contribution < -0.4 is 0 Å². The molecule has 0 aromatic heterocycles. The number of aliphatic hydroxyl groups excluding tert-OH is 1. The van der Waals surface area contributed by atoms with Gasteiger partial charge in [0.25, 0.3) is 0 Å². The maximum Gasteiger partial charge on any atom is 0.322 e. The number of fused-ring (bicyclic) bond motifs is 4. The highest BCUT2D eigenvalue weighted by Crippen LogP contribution is 2.41. The summed E-state index contributed by atoms with van der Waals surface area (Å²) in [6.07, 6.45) is 13.3. The number of rotatable bonds is 3. The number of ether oxygens (including phenoxy) is 1. The van der Waals surface area contributed by atoms with Gasteiger partial charge in [0.05, 0.1) is 10.4 Å². The second kappa shape index (κ2) is 10.1. The van der Waals surface area contributed by atoms with Crippen molar-refractivity contribution >= 4 is 58.5 Å². The van der Waals surface area contributed by atoms with Gasteiger partial charge in [-0.3, -0.25) is 9.59 Å². The van der Waals surface area contributed by atoms with Crippen LogP contribution in [0.3, 0.4) is 0 Å². The fourth-order valence-corrected chi connectivity index (χ4v) is 3.99. The Hall–Kier alpha value is 0.0200. The molecule has 29 heavy (non-hydrogen) atoms. The smallest absolute Gasteiger partial charge is 0.322 e. The van der Waals surface area contributed by atoms with Gasteiger partial charge in [-0.25, -0.2) is 0 Å². The number of aliphatic hydroxyl groups is 1. The van der Waals surface area contributed by atoms with Crippen LogP contribution in [0.15, 0.2) is 24.3 Å². The van der Waals surface area contributed by atoms with Crippen molar-refractivity contribution < 1.29 is 19.4 Å². The molecule has 0 heterocycles. The lowest BCUT2D eigenvalue weighted by molar-refractivity contribution is -0.152. The zero-order valence-electron chi connectivity index (χ0n) is 17.4. The van der Waals surface area contributed by atoms with Gasteiger partial charge in [-0.05, 0) is 81.1 Å². The van der Waals surface area contributed by atoms with Crippen molar-refractivity contribution in [1.29, 1.82) is 0 Å². The van der Waals surface area contributed by atoms with E-state index in [9.17, 15) is 9.59 Å². The third kappa shape index (κ3) is 7.58. The van der Waals surface area contributed by atoms with Crippen LogP contribution in [-0.2, 0) is 14.3 Å². The van der Waals surface area contributed by atoms with E-state index in [2.05, 4.69) is 72.1 Å². The topological polar surface area (TPSA) is 63.6 Å². The molecule has 0 aromatic carbocycles. The fourth-order valence-electron chi connectivity index (χ4n) is 3.90. The lowest BCUT2D eigenvalue weighted by atomic mass is 10.0. The van der Waals surface area contributed by atoms with Crippen LogP contribution in [0.2, 0.25) is 0 Å². The van der Waals surface area contributed by atoms with E-state index in [1.54, 1.807) is 13.8 Å². The van der Waals surface area contributed by atoms with E-state index in [0.717, 1.165) is 18.8 Å². The summed E-state index contributed by atoms with van der Waals surface area (Å²) in [5, 5.41) is 9.17. The lowest BCUT2D eigenvalue weighted by Gasteiger charge is -2.23. The normalized spacial score (nSPS) is 33.7. The Morgan fingerprint density at radius 2 is 1.34 bits per heavy atom. The molecule has 4 rings (SSSR count). The summed E-state index contributed by atoms with van der Waals surface area (Å²) in [4.78, 5) is 21.9. The Balaban J connectivity index is 0.000000170. The number of halogens is 3. The Morgan fingerprint density at radius 3 is 1.59 bits per heavy atom. The van der Waals surface area contributed by atoms with Gasteiger partial charge in [0.2, 0.25) is 4.69 Å². The maximum absolute atomic E-state index is 11.6. The van der Waals surface area contributed by atoms with Crippen LogP contribution >= 0.6 is 47.8 Å². The summed E-state index contributed by atoms with van der Waals surface area (Å²) in [6, 6.07) is 0. The van der Waals surface area contributed by atoms with Gasteiger partial charge in [0.15, 0.2) is 0 Å². The van der Waals surface area contributed by atoms with Crippen LogP contribution in [0, 0.1) is 23.7 Å². The van der Waals surface area contributed by atoms with Crippen molar-refractivity contribution in [2.75, 3.05) is 0 Å². The molecule has 2 saturated carbocycles. The minimum Gasteiger partial charge on any atom is -0.461 e. The highest BCUT2D eigenvalue weighted by Gasteiger charge is 2.40. The highest BCUT2D eigenvalue weighted by molar-refractivity contribution is 9.20. The van der Waals surface area contributed by atoms with Crippen LogP contribution in [0.4, 0.5) is 0 Å². The van der Waals surface area contributed by atoms with Gasteiger partial charge in [-0.1, -0.05) is 56.2 Å². The number of alkyl halides is 2. The number of hydrogen-bond donors (Lipinski definition) is 1. The Morgan fingerprint density at radius 1 is 0.862 bits per heavy atom. The first-order valence-corrected chi connectivity index (χ1v) is 12.5. The number of hydrogen-bond acceptors (Lipinski definition) is 4. The molecule has 4 aliphatic carbocycles. The molecule has 2 fully saturated rings. The molecule has 0 aliphatic heterocycles. The quantitative estimate of drug-likeness (QED) is 0.196. The minimum absolute atomic E-state index is 0.00926. The number of esters is 1. The van der Waals surface area contributed by atoms with Crippen molar-refractivity contribution in [2.45, 2.75) is 74.2 Å². The predicted molar refractivity (Wildman–Crippen MR) is 127 cm³/mol. The molecule has 1 N–H and O–H groups in total.